The third kappa shape index (κ3) is 5.84. The van der Waals surface area contributed by atoms with Gasteiger partial charge < -0.3 is 25.0 Å². The number of halogens is 1. The lowest BCUT2D eigenvalue weighted by atomic mass is 10.1. The van der Waals surface area contributed by atoms with E-state index in [0.717, 1.165) is 48.1 Å². The summed E-state index contributed by atoms with van der Waals surface area (Å²) in [5.74, 6) is -2.78. The monoisotopic (exact) mass is 331 g/mol. The number of carboxylic acids is 2. The second kappa shape index (κ2) is 8.52. The molecule has 0 spiro atoms. The zero-order chi connectivity index (χ0) is 16.7. The quantitative estimate of drug-likeness (QED) is 0.698. The van der Waals surface area contributed by atoms with E-state index in [1.165, 1.54) is 0 Å². The fraction of sp³-hybridized carbons (Fsp3) is 0.462. The zero-order valence-electron chi connectivity index (χ0n) is 12.3. The van der Waals surface area contributed by atoms with Crippen molar-refractivity contribution in [3.05, 3.63) is 22.6 Å². The van der Waals surface area contributed by atoms with E-state index < -0.39 is 11.9 Å². The molecule has 0 bridgehead atoms. The van der Waals surface area contributed by atoms with Crippen LogP contribution in [0.3, 0.4) is 0 Å². The molecule has 8 nitrogen and oxygen atoms in total. The van der Waals surface area contributed by atoms with Crippen LogP contribution >= 0.6 is 11.6 Å². The van der Waals surface area contributed by atoms with Gasteiger partial charge in [0.25, 0.3) is 0 Å². The lowest BCUT2D eigenvalue weighted by Crippen LogP contribution is -2.23. The fourth-order valence-corrected chi connectivity index (χ4v) is 1.99. The van der Waals surface area contributed by atoms with Gasteiger partial charge in [-0.25, -0.2) is 9.59 Å². The maximum Gasteiger partial charge on any atom is 0.414 e. The topological polar surface area (TPSA) is 116 Å². The predicted molar refractivity (Wildman–Crippen MR) is 79.4 cm³/mol. The molecule has 0 unspecified atom stereocenters. The zero-order valence-corrected chi connectivity index (χ0v) is 13.1. The van der Waals surface area contributed by atoms with Gasteiger partial charge in [-0.05, 0) is 20.5 Å². The Morgan fingerprint density at radius 1 is 1.41 bits per heavy atom. The second-order valence-electron chi connectivity index (χ2n) is 4.84. The number of aromatic nitrogens is 1. The standard InChI is InChI=1S/C11H16ClN3O.C2H2O4/c1-15(2)7-8-5-11(14-16-8)9-6-13-4-3-10(9)12;3-1(4)2(5)6/h5,13H,3-4,6-7H2,1-2H3;(H,3,4)(H,5,6). The molecule has 0 aliphatic carbocycles. The number of hydrogen-bond donors (Lipinski definition) is 3. The van der Waals surface area contributed by atoms with E-state index in [1.807, 2.05) is 25.1 Å². The van der Waals surface area contributed by atoms with Crippen LogP contribution in [0.2, 0.25) is 0 Å². The molecule has 1 aliphatic heterocycles. The molecule has 2 rings (SSSR count). The summed E-state index contributed by atoms with van der Waals surface area (Å²) < 4.78 is 5.26. The van der Waals surface area contributed by atoms with E-state index >= 15 is 0 Å². The molecule has 1 aromatic rings. The normalized spacial score (nSPS) is 14.5. The summed E-state index contributed by atoms with van der Waals surface area (Å²) >= 11 is 6.18. The molecule has 0 aromatic carbocycles. The highest BCUT2D eigenvalue weighted by atomic mass is 35.5. The number of hydrogen-bond acceptors (Lipinski definition) is 6. The van der Waals surface area contributed by atoms with Gasteiger partial charge in [-0.3, -0.25) is 0 Å². The van der Waals surface area contributed by atoms with Gasteiger partial charge >= 0.3 is 11.9 Å². The Hall–Kier alpha value is -1.90. The van der Waals surface area contributed by atoms with Gasteiger partial charge in [0, 0.05) is 29.8 Å². The Kier molecular flexibility index (Phi) is 7.03. The van der Waals surface area contributed by atoms with Crippen molar-refractivity contribution in [2.24, 2.45) is 0 Å². The minimum atomic E-state index is -1.82. The van der Waals surface area contributed by atoms with E-state index in [-0.39, 0.29) is 0 Å². The average Bonchev–Trinajstić information content (AvgIpc) is 2.87. The summed E-state index contributed by atoms with van der Waals surface area (Å²) in [7, 11) is 3.99. The van der Waals surface area contributed by atoms with Gasteiger partial charge in [0.15, 0.2) is 5.76 Å². The van der Waals surface area contributed by atoms with Crippen molar-refractivity contribution in [3.63, 3.8) is 0 Å². The summed E-state index contributed by atoms with van der Waals surface area (Å²) in [6.07, 6.45) is 0.868. The number of nitrogens with one attached hydrogen (secondary N) is 1. The molecule has 122 valence electrons. The van der Waals surface area contributed by atoms with Gasteiger partial charge in [0.05, 0.1) is 6.54 Å². The summed E-state index contributed by atoms with van der Waals surface area (Å²) in [5.41, 5.74) is 1.91. The Morgan fingerprint density at radius 2 is 2.05 bits per heavy atom. The van der Waals surface area contributed by atoms with Crippen molar-refractivity contribution < 1.29 is 24.3 Å². The largest absolute Gasteiger partial charge is 0.473 e. The summed E-state index contributed by atoms with van der Waals surface area (Å²) in [4.78, 5) is 20.2. The first kappa shape index (κ1) is 18.1. The van der Waals surface area contributed by atoms with Crippen molar-refractivity contribution >= 4 is 29.1 Å². The fourth-order valence-electron chi connectivity index (χ4n) is 1.73. The average molecular weight is 332 g/mol. The highest BCUT2D eigenvalue weighted by Crippen LogP contribution is 2.25. The minimum Gasteiger partial charge on any atom is -0.473 e. The van der Waals surface area contributed by atoms with Crippen LogP contribution < -0.4 is 5.32 Å². The summed E-state index contributed by atoms with van der Waals surface area (Å²) in [6, 6.07) is 1.96. The van der Waals surface area contributed by atoms with Crippen LogP contribution in [-0.2, 0) is 16.1 Å². The summed E-state index contributed by atoms with van der Waals surface area (Å²) in [5, 5.41) is 23.0. The molecule has 0 saturated heterocycles. The molecule has 1 aromatic heterocycles. The van der Waals surface area contributed by atoms with Crippen molar-refractivity contribution in [3.8, 4) is 0 Å². The minimum absolute atomic E-state index is 0.755. The Labute approximate surface area is 132 Å². The highest BCUT2D eigenvalue weighted by Gasteiger charge is 2.16. The van der Waals surface area contributed by atoms with E-state index in [0.29, 0.717) is 0 Å². The van der Waals surface area contributed by atoms with Crippen LogP contribution in [0.4, 0.5) is 0 Å². The van der Waals surface area contributed by atoms with E-state index in [1.54, 1.807) is 0 Å². The molecule has 0 fully saturated rings. The lowest BCUT2D eigenvalue weighted by Gasteiger charge is -2.14. The van der Waals surface area contributed by atoms with Crippen molar-refractivity contribution in [1.29, 1.82) is 0 Å². The molecule has 3 N–H and O–H groups in total. The van der Waals surface area contributed by atoms with Gasteiger partial charge in [0.1, 0.15) is 5.69 Å². The summed E-state index contributed by atoms with van der Waals surface area (Å²) in [6.45, 7) is 2.46. The van der Waals surface area contributed by atoms with E-state index in [4.69, 9.17) is 35.9 Å². The lowest BCUT2D eigenvalue weighted by molar-refractivity contribution is -0.159. The highest BCUT2D eigenvalue weighted by molar-refractivity contribution is 6.32. The van der Waals surface area contributed by atoms with Crippen molar-refractivity contribution in [1.82, 2.24) is 15.4 Å². The molecule has 0 atom stereocenters. The van der Waals surface area contributed by atoms with Gasteiger partial charge in [-0.15, -0.1) is 0 Å². The second-order valence-corrected chi connectivity index (χ2v) is 5.29. The molecular formula is C13H18ClN3O5. The van der Waals surface area contributed by atoms with Crippen LogP contribution in [0.25, 0.3) is 5.57 Å². The maximum atomic E-state index is 9.10. The molecule has 1 aliphatic rings. The Balaban J connectivity index is 0.000000346. The number of aliphatic carboxylic acids is 2. The van der Waals surface area contributed by atoms with Gasteiger partial charge in [0.2, 0.25) is 0 Å². The van der Waals surface area contributed by atoms with Crippen molar-refractivity contribution in [2.45, 2.75) is 13.0 Å². The van der Waals surface area contributed by atoms with Gasteiger partial charge in [-0.1, -0.05) is 16.8 Å². The molecule has 9 heteroatoms. The smallest absolute Gasteiger partial charge is 0.414 e. The molecule has 0 saturated carbocycles. The maximum absolute atomic E-state index is 9.10. The molecule has 2 heterocycles. The first-order valence-corrected chi connectivity index (χ1v) is 6.84. The third-order valence-corrected chi connectivity index (χ3v) is 3.09. The Morgan fingerprint density at radius 3 is 2.55 bits per heavy atom. The van der Waals surface area contributed by atoms with Crippen LogP contribution in [0, 0.1) is 0 Å². The van der Waals surface area contributed by atoms with E-state index in [9.17, 15) is 0 Å². The number of rotatable bonds is 3. The van der Waals surface area contributed by atoms with E-state index in [2.05, 4.69) is 10.5 Å². The number of carbonyl (C=O) groups is 2. The van der Waals surface area contributed by atoms with Crippen LogP contribution in [-0.4, -0.2) is 59.4 Å². The van der Waals surface area contributed by atoms with Crippen LogP contribution in [0.5, 0.6) is 0 Å². The third-order valence-electron chi connectivity index (χ3n) is 2.67. The molecule has 0 radical (unpaired) electrons. The number of nitrogens with zero attached hydrogens (tertiary/aromatic N) is 2. The SMILES string of the molecule is CN(C)Cc1cc(C2=C(Cl)CCNC2)no1.O=C(O)C(=O)O. The molecule has 0 amide bonds. The van der Waals surface area contributed by atoms with Crippen LogP contribution in [0.15, 0.2) is 15.6 Å². The Bertz CT molecular complexity index is 556. The van der Waals surface area contributed by atoms with Crippen LogP contribution in [0.1, 0.15) is 17.9 Å². The van der Waals surface area contributed by atoms with Crippen molar-refractivity contribution in [2.75, 3.05) is 27.2 Å². The molecule has 22 heavy (non-hydrogen) atoms. The predicted octanol–water partition coefficient (Wildman–Crippen LogP) is 0.835. The molecular weight excluding hydrogens is 314 g/mol. The van der Waals surface area contributed by atoms with Gasteiger partial charge in [-0.2, -0.15) is 0 Å². The first-order chi connectivity index (χ1) is 10.3. The first-order valence-electron chi connectivity index (χ1n) is 6.46. The number of carboxylic acid groups (broad SMARTS) is 2.